The number of carbonyl (C=O) groups excluding carboxylic acids is 4. The van der Waals surface area contributed by atoms with E-state index >= 15 is 0 Å². The van der Waals surface area contributed by atoms with Gasteiger partial charge in [-0.3, -0.25) is 24.1 Å². The Hall–Kier alpha value is -4.78. The molecule has 2 N–H and O–H groups in total. The lowest BCUT2D eigenvalue weighted by molar-refractivity contribution is -0.140. The summed E-state index contributed by atoms with van der Waals surface area (Å²) in [6.07, 6.45) is 4.34. The number of amides is 2. The van der Waals surface area contributed by atoms with Crippen LogP contribution in [-0.4, -0.2) is 45.0 Å². The SMILES string of the molecule is CC1=CC(=O)C2=C(CC3C(=CCC4C(=O)N(CCc5ccc(O)cc5)C(=O)C43)C2c2ccc3ccccc3c2O)C1=O. The van der Waals surface area contributed by atoms with E-state index < -0.39 is 23.7 Å². The zero-order valence-electron chi connectivity index (χ0n) is 23.0. The third-order valence-corrected chi connectivity index (χ3v) is 9.46. The fourth-order valence-corrected chi connectivity index (χ4v) is 7.43. The van der Waals surface area contributed by atoms with Crippen LogP contribution in [0.5, 0.6) is 11.5 Å². The second-order valence-electron chi connectivity index (χ2n) is 11.7. The van der Waals surface area contributed by atoms with Crippen molar-refractivity contribution in [2.45, 2.75) is 32.1 Å². The highest BCUT2D eigenvalue weighted by molar-refractivity contribution is 6.24. The first-order chi connectivity index (χ1) is 20.2. The van der Waals surface area contributed by atoms with Gasteiger partial charge in [-0.1, -0.05) is 60.2 Å². The molecule has 7 rings (SSSR count). The summed E-state index contributed by atoms with van der Waals surface area (Å²) < 4.78 is 0. The van der Waals surface area contributed by atoms with Gasteiger partial charge in [0.15, 0.2) is 11.6 Å². The number of hydrogen-bond acceptors (Lipinski definition) is 6. The Labute approximate surface area is 242 Å². The van der Waals surface area contributed by atoms with Crippen molar-refractivity contribution in [3.05, 3.63) is 106 Å². The second kappa shape index (κ2) is 9.65. The smallest absolute Gasteiger partial charge is 0.233 e. The van der Waals surface area contributed by atoms with E-state index in [-0.39, 0.29) is 47.8 Å². The number of ketones is 2. The van der Waals surface area contributed by atoms with Gasteiger partial charge in [-0.25, -0.2) is 0 Å². The number of benzene rings is 3. The second-order valence-corrected chi connectivity index (χ2v) is 11.7. The van der Waals surface area contributed by atoms with Crippen LogP contribution in [0.15, 0.2) is 95.1 Å². The number of allylic oxidation sites excluding steroid dienone is 6. The zero-order chi connectivity index (χ0) is 29.3. The number of phenolic OH excluding ortho intramolecular Hbond substituents is 2. The number of Topliss-reactive ketones (excluding diaryl/α,β-unsaturated/α-hetero) is 1. The molecule has 3 aliphatic carbocycles. The third kappa shape index (κ3) is 3.87. The number of likely N-dealkylation sites (tertiary alicyclic amines) is 1. The van der Waals surface area contributed by atoms with Crippen LogP contribution in [0.1, 0.15) is 36.8 Å². The monoisotopic (exact) mass is 559 g/mol. The maximum Gasteiger partial charge on any atom is 0.233 e. The van der Waals surface area contributed by atoms with Crippen LogP contribution in [-0.2, 0) is 25.6 Å². The molecule has 210 valence electrons. The number of fused-ring (bicyclic) bond motifs is 4. The Balaban J connectivity index is 1.30. The van der Waals surface area contributed by atoms with Crippen LogP contribution in [0.4, 0.5) is 0 Å². The molecule has 0 spiro atoms. The highest BCUT2D eigenvalue weighted by Gasteiger charge is 2.56. The zero-order valence-corrected chi connectivity index (χ0v) is 23.0. The van der Waals surface area contributed by atoms with Gasteiger partial charge in [0.25, 0.3) is 0 Å². The highest BCUT2D eigenvalue weighted by atomic mass is 16.3. The number of hydrogen-bond donors (Lipinski definition) is 2. The molecule has 1 saturated heterocycles. The molecule has 0 radical (unpaired) electrons. The molecule has 1 aliphatic heterocycles. The molecule has 7 nitrogen and oxygen atoms in total. The van der Waals surface area contributed by atoms with E-state index in [0.717, 1.165) is 16.5 Å². The van der Waals surface area contributed by atoms with Crippen LogP contribution in [0.25, 0.3) is 10.8 Å². The highest BCUT2D eigenvalue weighted by Crippen LogP contribution is 2.56. The van der Waals surface area contributed by atoms with E-state index in [1.807, 2.05) is 36.4 Å². The molecular formula is C35H29NO6. The first-order valence-corrected chi connectivity index (χ1v) is 14.3. The van der Waals surface area contributed by atoms with Crippen molar-refractivity contribution in [2.75, 3.05) is 6.54 Å². The van der Waals surface area contributed by atoms with Crippen LogP contribution < -0.4 is 0 Å². The number of rotatable bonds is 4. The minimum Gasteiger partial charge on any atom is -0.508 e. The summed E-state index contributed by atoms with van der Waals surface area (Å²) in [4.78, 5) is 55.9. The van der Waals surface area contributed by atoms with Crippen LogP contribution in [0.3, 0.4) is 0 Å². The average molecular weight is 560 g/mol. The third-order valence-electron chi connectivity index (χ3n) is 9.46. The van der Waals surface area contributed by atoms with Gasteiger partial charge >= 0.3 is 0 Å². The molecule has 0 saturated carbocycles. The molecule has 42 heavy (non-hydrogen) atoms. The van der Waals surface area contributed by atoms with E-state index in [9.17, 15) is 29.4 Å². The fraction of sp³-hybridized carbons (Fsp3) is 0.257. The minimum absolute atomic E-state index is 0.0458. The van der Waals surface area contributed by atoms with Crippen LogP contribution in [0, 0.1) is 17.8 Å². The first kappa shape index (κ1) is 26.1. The first-order valence-electron chi connectivity index (χ1n) is 14.3. The van der Waals surface area contributed by atoms with Gasteiger partial charge in [0.1, 0.15) is 11.5 Å². The average Bonchev–Trinajstić information content (AvgIpc) is 3.24. The summed E-state index contributed by atoms with van der Waals surface area (Å²) in [7, 11) is 0. The van der Waals surface area contributed by atoms with Gasteiger partial charge in [0, 0.05) is 40.1 Å². The summed E-state index contributed by atoms with van der Waals surface area (Å²) in [5.41, 5.74) is 3.32. The Bertz CT molecular complexity index is 1810. The summed E-state index contributed by atoms with van der Waals surface area (Å²) in [5, 5.41) is 22.6. The fourth-order valence-electron chi connectivity index (χ4n) is 7.43. The molecule has 4 aliphatic rings. The number of carbonyl (C=O) groups is 4. The van der Waals surface area contributed by atoms with Crippen molar-refractivity contribution in [3.63, 3.8) is 0 Å². The maximum atomic E-state index is 13.9. The van der Waals surface area contributed by atoms with E-state index in [4.69, 9.17) is 0 Å². The summed E-state index contributed by atoms with van der Waals surface area (Å²) in [6, 6.07) is 17.8. The van der Waals surface area contributed by atoms with Crippen LogP contribution in [0.2, 0.25) is 0 Å². The predicted octanol–water partition coefficient (Wildman–Crippen LogP) is 4.92. The van der Waals surface area contributed by atoms with E-state index in [1.165, 1.54) is 11.0 Å². The lowest BCUT2D eigenvalue weighted by Gasteiger charge is -2.42. The summed E-state index contributed by atoms with van der Waals surface area (Å²) in [5.74, 6) is -3.09. The molecule has 2 amide bonds. The lowest BCUT2D eigenvalue weighted by Crippen LogP contribution is -2.40. The number of phenols is 2. The van der Waals surface area contributed by atoms with Crippen molar-refractivity contribution < 1.29 is 29.4 Å². The topological polar surface area (TPSA) is 112 Å². The Kier molecular flexibility index (Phi) is 6.01. The van der Waals surface area contributed by atoms with Gasteiger partial charge in [0.05, 0.1) is 11.8 Å². The molecule has 1 heterocycles. The molecule has 0 aromatic heterocycles. The molecular weight excluding hydrogens is 530 g/mol. The molecule has 3 aromatic rings. The van der Waals surface area contributed by atoms with Crippen molar-refractivity contribution in [1.29, 1.82) is 0 Å². The number of aromatic hydroxyl groups is 2. The van der Waals surface area contributed by atoms with Gasteiger partial charge in [0.2, 0.25) is 11.8 Å². The summed E-state index contributed by atoms with van der Waals surface area (Å²) >= 11 is 0. The van der Waals surface area contributed by atoms with Gasteiger partial charge in [-0.05, 0) is 61.3 Å². The largest absolute Gasteiger partial charge is 0.508 e. The van der Waals surface area contributed by atoms with Crippen molar-refractivity contribution in [3.8, 4) is 11.5 Å². The van der Waals surface area contributed by atoms with Crippen molar-refractivity contribution >= 4 is 34.2 Å². The van der Waals surface area contributed by atoms with Crippen LogP contribution >= 0.6 is 0 Å². The van der Waals surface area contributed by atoms with Gasteiger partial charge in [-0.15, -0.1) is 0 Å². The molecule has 3 aromatic carbocycles. The molecule has 4 unspecified atom stereocenters. The Morgan fingerprint density at radius 2 is 1.64 bits per heavy atom. The standard InChI is InChI=1S/C35H29NO6/c1-18-16-28(38)31-27(32(18)39)17-26-23(29(31)24-11-8-20-4-2-3-5-22(20)33(24)40)12-13-25-30(26)35(42)36(34(25)41)15-14-19-6-9-21(37)10-7-19/h2-12,16,25-26,29-30,37,40H,13-15,17H2,1H3. The maximum absolute atomic E-state index is 13.9. The predicted molar refractivity (Wildman–Crippen MR) is 155 cm³/mol. The van der Waals surface area contributed by atoms with Gasteiger partial charge < -0.3 is 10.2 Å². The molecule has 4 atom stereocenters. The van der Waals surface area contributed by atoms with Crippen molar-refractivity contribution in [2.24, 2.45) is 17.8 Å². The van der Waals surface area contributed by atoms with E-state index in [1.54, 1.807) is 37.3 Å². The van der Waals surface area contributed by atoms with Crippen molar-refractivity contribution in [1.82, 2.24) is 4.90 Å². The van der Waals surface area contributed by atoms with E-state index in [0.29, 0.717) is 40.5 Å². The number of nitrogens with zero attached hydrogens (tertiary/aromatic N) is 1. The number of imide groups is 1. The molecule has 7 heteroatoms. The Morgan fingerprint density at radius 1 is 0.881 bits per heavy atom. The lowest BCUT2D eigenvalue weighted by atomic mass is 9.59. The Morgan fingerprint density at radius 3 is 2.43 bits per heavy atom. The normalized spacial score (nSPS) is 25.3. The molecule has 1 fully saturated rings. The van der Waals surface area contributed by atoms with Gasteiger partial charge in [-0.2, -0.15) is 0 Å². The summed E-state index contributed by atoms with van der Waals surface area (Å²) in [6.45, 7) is 1.84. The molecule has 0 bridgehead atoms. The van der Waals surface area contributed by atoms with E-state index in [2.05, 4.69) is 0 Å². The quantitative estimate of drug-likeness (QED) is 0.267. The minimum atomic E-state index is -0.695.